The average molecular weight is 251 g/mol. The van der Waals surface area contributed by atoms with E-state index in [2.05, 4.69) is 4.74 Å². The van der Waals surface area contributed by atoms with Crippen LogP contribution in [0.4, 0.5) is 13.2 Å². The predicted molar refractivity (Wildman–Crippen MR) is 53.2 cm³/mol. The Hall–Kier alpha value is -1.49. The molecule has 86 valence electrons. The Morgan fingerprint density at radius 2 is 2.00 bits per heavy atom. The molecule has 1 aromatic rings. The molecule has 0 aromatic heterocycles. The second-order valence-electron chi connectivity index (χ2n) is 2.70. The van der Waals surface area contributed by atoms with Crippen LogP contribution in [0.1, 0.15) is 5.56 Å². The van der Waals surface area contributed by atoms with E-state index in [0.29, 0.717) is 6.29 Å². The van der Waals surface area contributed by atoms with Gasteiger partial charge in [0.15, 0.2) is 0 Å². The number of halogens is 4. The van der Waals surface area contributed by atoms with Crippen LogP contribution in [0.3, 0.4) is 0 Å². The zero-order valence-corrected chi connectivity index (χ0v) is 8.55. The van der Waals surface area contributed by atoms with Gasteiger partial charge in [-0.15, -0.1) is 13.2 Å². The van der Waals surface area contributed by atoms with Crippen molar-refractivity contribution in [1.29, 1.82) is 0 Å². The molecule has 0 heterocycles. The van der Waals surface area contributed by atoms with E-state index in [4.69, 9.17) is 11.6 Å². The molecule has 0 bridgehead atoms. The number of ether oxygens (including phenoxy) is 1. The second kappa shape index (κ2) is 5.03. The largest absolute Gasteiger partial charge is 0.573 e. The van der Waals surface area contributed by atoms with Gasteiger partial charge in [0.05, 0.1) is 5.02 Å². The third-order valence-corrected chi connectivity index (χ3v) is 1.98. The van der Waals surface area contributed by atoms with E-state index in [9.17, 15) is 18.0 Å². The van der Waals surface area contributed by atoms with Crippen molar-refractivity contribution in [2.24, 2.45) is 0 Å². The van der Waals surface area contributed by atoms with Gasteiger partial charge in [0.1, 0.15) is 12.0 Å². The summed E-state index contributed by atoms with van der Waals surface area (Å²) < 4.78 is 39.5. The molecule has 0 amide bonds. The zero-order chi connectivity index (χ0) is 12.2. The number of benzene rings is 1. The Bertz CT molecular complexity index is 413. The third-order valence-electron chi connectivity index (χ3n) is 1.57. The third kappa shape index (κ3) is 3.58. The molecule has 16 heavy (non-hydrogen) atoms. The number of hydrogen-bond donors (Lipinski definition) is 0. The van der Waals surface area contributed by atoms with Crippen molar-refractivity contribution < 1.29 is 22.7 Å². The molecule has 0 radical (unpaired) electrons. The summed E-state index contributed by atoms with van der Waals surface area (Å²) in [6.07, 6.45) is -1.89. The minimum atomic E-state index is -4.80. The highest BCUT2D eigenvalue weighted by Gasteiger charge is 2.32. The summed E-state index contributed by atoms with van der Waals surface area (Å²) in [4.78, 5) is 10.1. The molecule has 0 aliphatic rings. The fourth-order valence-corrected chi connectivity index (χ4v) is 1.23. The summed E-state index contributed by atoms with van der Waals surface area (Å²) in [6.45, 7) is 0. The van der Waals surface area contributed by atoms with Gasteiger partial charge in [0, 0.05) is 0 Å². The van der Waals surface area contributed by atoms with Crippen LogP contribution in [-0.4, -0.2) is 12.6 Å². The maximum atomic E-state index is 12.0. The first-order valence-corrected chi connectivity index (χ1v) is 4.48. The molecule has 0 unspecified atom stereocenters. The van der Waals surface area contributed by atoms with Crippen LogP contribution in [0.2, 0.25) is 5.02 Å². The summed E-state index contributed by atoms with van der Waals surface area (Å²) in [5.41, 5.74) is 0.274. The van der Waals surface area contributed by atoms with Crippen LogP contribution in [0.15, 0.2) is 24.3 Å². The lowest BCUT2D eigenvalue weighted by Gasteiger charge is -2.11. The zero-order valence-electron chi connectivity index (χ0n) is 7.79. The van der Waals surface area contributed by atoms with Crippen molar-refractivity contribution in [2.45, 2.75) is 6.36 Å². The monoisotopic (exact) mass is 250 g/mol. The number of carbonyl (C=O) groups excluding carboxylic acids is 1. The fraction of sp³-hybridized carbons (Fsp3) is 0.100. The van der Waals surface area contributed by atoms with Gasteiger partial charge < -0.3 is 4.74 Å². The molecule has 1 rings (SSSR count). The molecule has 0 N–H and O–H groups in total. The van der Waals surface area contributed by atoms with Gasteiger partial charge in [-0.1, -0.05) is 29.8 Å². The molecule has 6 heteroatoms. The van der Waals surface area contributed by atoms with Gasteiger partial charge >= 0.3 is 6.36 Å². The van der Waals surface area contributed by atoms with E-state index in [1.807, 2.05) is 0 Å². The molecule has 0 fully saturated rings. The number of alkyl halides is 3. The van der Waals surface area contributed by atoms with Crippen molar-refractivity contribution in [3.63, 3.8) is 0 Å². The first-order chi connectivity index (χ1) is 7.44. The van der Waals surface area contributed by atoms with Crippen molar-refractivity contribution in [3.05, 3.63) is 34.9 Å². The SMILES string of the molecule is O=C/C=C\c1cccc(OC(F)(F)F)c1Cl. The molecule has 2 nitrogen and oxygen atoms in total. The van der Waals surface area contributed by atoms with E-state index in [1.54, 1.807) is 0 Å². The Morgan fingerprint density at radius 3 is 2.56 bits per heavy atom. The summed E-state index contributed by atoms with van der Waals surface area (Å²) in [7, 11) is 0. The van der Waals surface area contributed by atoms with Crippen LogP contribution in [0, 0.1) is 0 Å². The highest BCUT2D eigenvalue weighted by atomic mass is 35.5. The van der Waals surface area contributed by atoms with Crippen molar-refractivity contribution >= 4 is 24.0 Å². The van der Waals surface area contributed by atoms with Gasteiger partial charge in [-0.2, -0.15) is 0 Å². The minimum absolute atomic E-state index is 0.196. The summed E-state index contributed by atoms with van der Waals surface area (Å²) in [5, 5.41) is -0.196. The van der Waals surface area contributed by atoms with Gasteiger partial charge in [0.25, 0.3) is 0 Å². The first kappa shape index (κ1) is 12.6. The minimum Gasteiger partial charge on any atom is -0.404 e. The van der Waals surface area contributed by atoms with E-state index in [0.717, 1.165) is 12.1 Å². The molecule has 0 saturated carbocycles. The van der Waals surface area contributed by atoms with Gasteiger partial charge in [-0.3, -0.25) is 4.79 Å². The lowest BCUT2D eigenvalue weighted by Crippen LogP contribution is -2.17. The van der Waals surface area contributed by atoms with E-state index < -0.39 is 12.1 Å². The maximum Gasteiger partial charge on any atom is 0.573 e. The van der Waals surface area contributed by atoms with Crippen molar-refractivity contribution in [1.82, 2.24) is 0 Å². The molecule has 0 aliphatic carbocycles. The predicted octanol–water partition coefficient (Wildman–Crippen LogP) is 3.45. The lowest BCUT2D eigenvalue weighted by atomic mass is 10.2. The van der Waals surface area contributed by atoms with Crippen LogP contribution in [-0.2, 0) is 4.79 Å². The molecule has 0 atom stereocenters. The Balaban J connectivity index is 3.04. The first-order valence-electron chi connectivity index (χ1n) is 4.10. The second-order valence-corrected chi connectivity index (χ2v) is 3.08. The smallest absolute Gasteiger partial charge is 0.404 e. The average Bonchev–Trinajstić information content (AvgIpc) is 2.17. The fourth-order valence-electron chi connectivity index (χ4n) is 1.00. The van der Waals surface area contributed by atoms with Crippen LogP contribution >= 0.6 is 11.6 Å². The molecule has 0 saturated heterocycles. The number of aldehydes is 1. The number of rotatable bonds is 3. The highest BCUT2D eigenvalue weighted by Crippen LogP contribution is 2.32. The van der Waals surface area contributed by atoms with Crippen LogP contribution < -0.4 is 4.74 Å². The molecule has 0 aliphatic heterocycles. The van der Waals surface area contributed by atoms with Crippen LogP contribution in [0.5, 0.6) is 5.75 Å². The molecular weight excluding hydrogens is 245 g/mol. The van der Waals surface area contributed by atoms with E-state index >= 15 is 0 Å². The highest BCUT2D eigenvalue weighted by molar-refractivity contribution is 6.33. The van der Waals surface area contributed by atoms with Crippen LogP contribution in [0.25, 0.3) is 6.08 Å². The van der Waals surface area contributed by atoms with Crippen molar-refractivity contribution in [2.75, 3.05) is 0 Å². The summed E-state index contributed by atoms with van der Waals surface area (Å²) in [5.74, 6) is -0.498. The Morgan fingerprint density at radius 1 is 1.31 bits per heavy atom. The Kier molecular flexibility index (Phi) is 3.95. The molecule has 1 aromatic carbocycles. The topological polar surface area (TPSA) is 26.3 Å². The summed E-state index contributed by atoms with van der Waals surface area (Å²) >= 11 is 5.66. The number of allylic oxidation sites excluding steroid dienone is 1. The van der Waals surface area contributed by atoms with E-state index in [1.165, 1.54) is 18.2 Å². The number of carbonyl (C=O) groups is 1. The summed E-state index contributed by atoms with van der Waals surface area (Å²) in [6, 6.07) is 3.90. The lowest BCUT2D eigenvalue weighted by molar-refractivity contribution is -0.274. The van der Waals surface area contributed by atoms with E-state index in [-0.39, 0.29) is 10.6 Å². The standard InChI is InChI=1S/C10H6ClF3O2/c11-9-7(4-2-6-15)3-1-5-8(9)16-10(12,13)14/h1-6H/b4-2-. The van der Waals surface area contributed by atoms with Crippen molar-refractivity contribution in [3.8, 4) is 5.75 Å². The number of hydrogen-bond acceptors (Lipinski definition) is 2. The normalized spacial score (nSPS) is 11.8. The van der Waals surface area contributed by atoms with Gasteiger partial charge in [-0.05, 0) is 17.7 Å². The Labute approximate surface area is 94.3 Å². The molecular formula is C10H6ClF3O2. The molecule has 0 spiro atoms. The van der Waals surface area contributed by atoms with Gasteiger partial charge in [-0.25, -0.2) is 0 Å². The maximum absolute atomic E-state index is 12.0. The van der Waals surface area contributed by atoms with Gasteiger partial charge in [0.2, 0.25) is 0 Å². The quantitative estimate of drug-likeness (QED) is 0.607.